The van der Waals surface area contributed by atoms with Crippen LogP contribution in [0.4, 0.5) is 24.7 Å². The van der Waals surface area contributed by atoms with E-state index in [0.717, 1.165) is 12.1 Å². The molecule has 2 heterocycles. The number of amides is 2. The molecule has 0 bridgehead atoms. The summed E-state index contributed by atoms with van der Waals surface area (Å²) in [6.45, 7) is 5.93. The molecule has 2 aromatic rings. The molecule has 0 radical (unpaired) electrons. The van der Waals surface area contributed by atoms with E-state index in [-0.39, 0.29) is 41.0 Å². The van der Waals surface area contributed by atoms with Gasteiger partial charge in [-0.15, -0.1) is 0 Å². The lowest BCUT2D eigenvalue weighted by Gasteiger charge is -2.29. The van der Waals surface area contributed by atoms with E-state index in [0.29, 0.717) is 29.8 Å². The van der Waals surface area contributed by atoms with E-state index < -0.39 is 11.7 Å². The number of hydrogen-bond acceptors (Lipinski definition) is 3. The second kappa shape index (κ2) is 8.49. The minimum atomic E-state index is -4.42. The highest BCUT2D eigenvalue weighted by Gasteiger charge is 2.31. The Labute approximate surface area is 183 Å². The Balaban J connectivity index is 1.83. The van der Waals surface area contributed by atoms with Crippen LogP contribution in [-0.4, -0.2) is 16.8 Å². The van der Waals surface area contributed by atoms with Crippen LogP contribution in [0.25, 0.3) is 0 Å². The fourth-order valence-electron chi connectivity index (χ4n) is 3.33. The molecule has 0 fully saturated rings. The van der Waals surface area contributed by atoms with Crippen LogP contribution in [0.3, 0.4) is 0 Å². The molecule has 1 N–H and O–H groups in total. The molecule has 0 unspecified atom stereocenters. The first kappa shape index (κ1) is 23.1. The Hall–Kier alpha value is -2.61. The Morgan fingerprint density at radius 3 is 2.39 bits per heavy atom. The zero-order valence-corrected chi connectivity index (χ0v) is 18.2. The monoisotopic (exact) mass is 453 g/mol. The van der Waals surface area contributed by atoms with Crippen LogP contribution in [0.1, 0.15) is 50.4 Å². The maximum absolute atomic E-state index is 12.8. The number of benzene rings is 1. The minimum absolute atomic E-state index is 0.0949. The normalized spacial score (nSPS) is 14.4. The Kier molecular flexibility index (Phi) is 6.32. The quantitative estimate of drug-likeness (QED) is 0.654. The second-order valence-corrected chi connectivity index (χ2v) is 9.15. The van der Waals surface area contributed by atoms with Gasteiger partial charge in [0.1, 0.15) is 0 Å². The highest BCUT2D eigenvalue weighted by Crippen LogP contribution is 2.35. The van der Waals surface area contributed by atoms with Crippen molar-refractivity contribution >= 4 is 34.9 Å². The number of halogens is 4. The second-order valence-electron chi connectivity index (χ2n) is 8.74. The third-order valence-corrected chi connectivity index (χ3v) is 5.06. The van der Waals surface area contributed by atoms with Gasteiger partial charge < -0.3 is 10.2 Å². The number of anilines is 2. The van der Waals surface area contributed by atoms with Gasteiger partial charge in [-0.1, -0.05) is 44.5 Å². The zero-order valence-electron chi connectivity index (χ0n) is 17.4. The fraction of sp³-hybridized carbons (Fsp3) is 0.409. The first-order valence-corrected chi connectivity index (χ1v) is 10.2. The summed E-state index contributed by atoms with van der Waals surface area (Å²) >= 11 is 6.32. The highest BCUT2D eigenvalue weighted by molar-refractivity contribution is 6.33. The summed E-state index contributed by atoms with van der Waals surface area (Å²) in [5.41, 5.74) is 0.696. The van der Waals surface area contributed by atoms with Crippen LogP contribution in [0.5, 0.6) is 0 Å². The van der Waals surface area contributed by atoms with E-state index in [1.54, 1.807) is 6.07 Å². The van der Waals surface area contributed by atoms with Gasteiger partial charge in [-0.2, -0.15) is 13.2 Å². The number of carbonyl (C=O) groups is 2. The van der Waals surface area contributed by atoms with E-state index in [9.17, 15) is 22.8 Å². The number of alkyl halides is 3. The van der Waals surface area contributed by atoms with Crippen molar-refractivity contribution in [2.24, 2.45) is 5.41 Å². The maximum Gasteiger partial charge on any atom is 0.416 e. The van der Waals surface area contributed by atoms with Crippen molar-refractivity contribution in [1.82, 2.24) is 4.98 Å². The van der Waals surface area contributed by atoms with E-state index >= 15 is 0 Å². The minimum Gasteiger partial charge on any atom is -0.309 e. The number of nitrogens with one attached hydrogen (secondary N) is 1. The summed E-state index contributed by atoms with van der Waals surface area (Å²) in [4.78, 5) is 30.7. The van der Waals surface area contributed by atoms with Crippen LogP contribution < -0.4 is 10.2 Å². The van der Waals surface area contributed by atoms with E-state index in [4.69, 9.17) is 11.6 Å². The van der Waals surface area contributed by atoms with E-state index in [2.05, 4.69) is 10.3 Å². The van der Waals surface area contributed by atoms with Gasteiger partial charge in [-0.25, -0.2) is 4.98 Å². The third kappa shape index (κ3) is 5.76. The molecular formula is C22H23ClF3N3O2. The maximum atomic E-state index is 12.8. The third-order valence-electron chi connectivity index (χ3n) is 4.77. The summed E-state index contributed by atoms with van der Waals surface area (Å²) in [5, 5.41) is 2.91. The van der Waals surface area contributed by atoms with Crippen molar-refractivity contribution in [3.8, 4) is 0 Å². The molecule has 0 saturated carbocycles. The highest BCUT2D eigenvalue weighted by atomic mass is 35.5. The number of nitrogens with zero attached hydrogens (tertiary/aromatic N) is 2. The first-order chi connectivity index (χ1) is 14.3. The van der Waals surface area contributed by atoms with Crippen LogP contribution in [0.2, 0.25) is 5.02 Å². The lowest BCUT2D eigenvalue weighted by atomic mass is 9.92. The summed E-state index contributed by atoms with van der Waals surface area (Å²) in [6, 6.07) is 6.24. The van der Waals surface area contributed by atoms with Crippen molar-refractivity contribution in [1.29, 1.82) is 0 Å². The molecule has 9 heteroatoms. The standard InChI is InChI=1S/C22H23ClF3N3O2/c1-21(2,3)11-18(30)28-20-15(23)10-17-16(27-20)8-9-19(31)29(17)12-13-4-6-14(7-5-13)22(24,25)26/h4-7,10H,8-9,11-12H2,1-3H3,(H,27,28,30). The molecule has 0 atom stereocenters. The average Bonchev–Trinajstić information content (AvgIpc) is 2.63. The number of fused-ring (bicyclic) bond motifs is 1. The van der Waals surface area contributed by atoms with Crippen molar-refractivity contribution in [3.05, 3.63) is 52.2 Å². The molecule has 0 aliphatic carbocycles. The molecular weight excluding hydrogens is 431 g/mol. The molecule has 1 aromatic carbocycles. The molecule has 0 saturated heterocycles. The molecule has 3 rings (SSSR count). The van der Waals surface area contributed by atoms with Crippen molar-refractivity contribution in [2.45, 2.75) is 52.8 Å². The molecule has 1 aliphatic heterocycles. The smallest absolute Gasteiger partial charge is 0.309 e. The fourth-order valence-corrected chi connectivity index (χ4v) is 3.52. The number of hydrogen-bond donors (Lipinski definition) is 1. The van der Waals surface area contributed by atoms with Gasteiger partial charge in [0.2, 0.25) is 11.8 Å². The summed E-state index contributed by atoms with van der Waals surface area (Å²) in [7, 11) is 0. The lowest BCUT2D eigenvalue weighted by molar-refractivity contribution is -0.137. The number of aromatic nitrogens is 1. The number of carbonyl (C=O) groups excluding carboxylic acids is 2. The van der Waals surface area contributed by atoms with Gasteiger partial charge in [0.25, 0.3) is 0 Å². The van der Waals surface area contributed by atoms with Crippen LogP contribution in [0.15, 0.2) is 30.3 Å². The van der Waals surface area contributed by atoms with Gasteiger partial charge in [0.15, 0.2) is 5.82 Å². The number of pyridine rings is 1. The summed E-state index contributed by atoms with van der Waals surface area (Å²) in [6.07, 6.45) is -3.54. The molecule has 31 heavy (non-hydrogen) atoms. The largest absolute Gasteiger partial charge is 0.416 e. The van der Waals surface area contributed by atoms with Crippen LogP contribution in [-0.2, 0) is 28.7 Å². The SMILES string of the molecule is CC(C)(C)CC(=O)Nc1nc2c(cc1Cl)N(Cc1ccc(C(F)(F)F)cc1)C(=O)CC2. The van der Waals surface area contributed by atoms with Gasteiger partial charge in [-0.3, -0.25) is 9.59 Å². The molecule has 2 amide bonds. The molecule has 5 nitrogen and oxygen atoms in total. The Bertz CT molecular complexity index is 999. The topological polar surface area (TPSA) is 62.3 Å². The van der Waals surface area contributed by atoms with Gasteiger partial charge in [0, 0.05) is 19.3 Å². The molecule has 1 aliphatic rings. The van der Waals surface area contributed by atoms with E-state index in [1.807, 2.05) is 20.8 Å². The average molecular weight is 454 g/mol. The molecule has 166 valence electrons. The Morgan fingerprint density at radius 1 is 1.16 bits per heavy atom. The van der Waals surface area contributed by atoms with E-state index in [1.165, 1.54) is 17.0 Å². The first-order valence-electron chi connectivity index (χ1n) is 9.79. The molecule has 1 aromatic heterocycles. The number of rotatable bonds is 4. The van der Waals surface area contributed by atoms with Gasteiger partial charge in [0.05, 0.1) is 28.5 Å². The van der Waals surface area contributed by atoms with Crippen LogP contribution in [0, 0.1) is 5.41 Å². The predicted octanol–water partition coefficient (Wildman–Crippen LogP) is 5.61. The predicted molar refractivity (Wildman–Crippen MR) is 113 cm³/mol. The number of aryl methyl sites for hydroxylation is 1. The van der Waals surface area contributed by atoms with Crippen molar-refractivity contribution in [2.75, 3.05) is 10.2 Å². The Morgan fingerprint density at radius 2 is 1.81 bits per heavy atom. The van der Waals surface area contributed by atoms with Gasteiger partial charge in [-0.05, 0) is 29.2 Å². The lowest BCUT2D eigenvalue weighted by Crippen LogP contribution is -2.35. The zero-order chi connectivity index (χ0) is 23.0. The summed E-state index contributed by atoms with van der Waals surface area (Å²) in [5.74, 6) is -0.149. The van der Waals surface area contributed by atoms with Crippen LogP contribution >= 0.6 is 11.6 Å². The molecule has 0 spiro atoms. The van der Waals surface area contributed by atoms with Crippen molar-refractivity contribution in [3.63, 3.8) is 0 Å². The van der Waals surface area contributed by atoms with Crippen molar-refractivity contribution < 1.29 is 22.8 Å². The van der Waals surface area contributed by atoms with Gasteiger partial charge >= 0.3 is 6.18 Å². The summed E-state index contributed by atoms with van der Waals surface area (Å²) < 4.78 is 38.4.